The zero-order chi connectivity index (χ0) is 16.4. The van der Waals surface area contributed by atoms with Crippen LogP contribution in [0.15, 0.2) is 58.1 Å². The normalized spacial score (nSPS) is 10.6. The maximum Gasteiger partial charge on any atom is 0.330 e. The Bertz CT molecular complexity index is 908. The highest BCUT2D eigenvalue weighted by Gasteiger charge is 2.10. The topological polar surface area (TPSA) is 34.0 Å². The van der Waals surface area contributed by atoms with Crippen LogP contribution in [-0.2, 0) is 0 Å². The third-order valence-corrected chi connectivity index (χ3v) is 3.99. The van der Waals surface area contributed by atoms with E-state index in [4.69, 9.17) is 0 Å². The first kappa shape index (κ1) is 16.0. The zero-order valence-corrected chi connectivity index (χ0v) is 15.6. The standard InChI is InChI=1S/C18H14Br2N2O/c1-12-6-7-13-8-9-22(16(13)10-12)18(23)21-15-5-3-2-4-14(15)11-17(19)20/h2-11H,1H3,(H,21,23). The second-order valence-electron chi connectivity index (χ2n) is 5.20. The Morgan fingerprint density at radius 3 is 2.70 bits per heavy atom. The van der Waals surface area contributed by atoms with Crippen LogP contribution in [0.3, 0.4) is 0 Å². The molecule has 2 aromatic carbocycles. The van der Waals surface area contributed by atoms with Crippen molar-refractivity contribution >= 4 is 60.6 Å². The largest absolute Gasteiger partial charge is 0.330 e. The third kappa shape index (κ3) is 3.57. The van der Waals surface area contributed by atoms with E-state index in [0.29, 0.717) is 0 Å². The maximum atomic E-state index is 12.6. The molecule has 0 aliphatic heterocycles. The van der Waals surface area contributed by atoms with Gasteiger partial charge in [0.1, 0.15) is 0 Å². The van der Waals surface area contributed by atoms with E-state index < -0.39 is 0 Å². The lowest BCUT2D eigenvalue weighted by molar-refractivity contribution is 0.254. The van der Waals surface area contributed by atoms with E-state index >= 15 is 0 Å². The van der Waals surface area contributed by atoms with Crippen molar-refractivity contribution in [1.82, 2.24) is 4.57 Å². The van der Waals surface area contributed by atoms with Crippen molar-refractivity contribution in [3.05, 3.63) is 69.2 Å². The lowest BCUT2D eigenvalue weighted by atomic mass is 10.2. The van der Waals surface area contributed by atoms with Crippen molar-refractivity contribution in [3.63, 3.8) is 0 Å². The van der Waals surface area contributed by atoms with Gasteiger partial charge in [0, 0.05) is 17.3 Å². The lowest BCUT2D eigenvalue weighted by Crippen LogP contribution is -2.19. The number of benzene rings is 2. The van der Waals surface area contributed by atoms with Crippen LogP contribution in [0.1, 0.15) is 11.1 Å². The van der Waals surface area contributed by atoms with Gasteiger partial charge in [-0.15, -0.1) is 0 Å². The van der Waals surface area contributed by atoms with Gasteiger partial charge in [-0.25, -0.2) is 4.79 Å². The van der Waals surface area contributed by atoms with Crippen LogP contribution in [0, 0.1) is 6.92 Å². The molecule has 0 fully saturated rings. The summed E-state index contributed by atoms with van der Waals surface area (Å²) in [6, 6.07) is 15.5. The molecular weight excluding hydrogens is 420 g/mol. The molecule has 0 bridgehead atoms. The van der Waals surface area contributed by atoms with Crippen molar-refractivity contribution in [1.29, 1.82) is 0 Å². The van der Waals surface area contributed by atoms with Crippen molar-refractivity contribution in [2.75, 3.05) is 5.32 Å². The van der Waals surface area contributed by atoms with Crippen molar-refractivity contribution in [2.45, 2.75) is 6.92 Å². The first-order chi connectivity index (χ1) is 11.0. The average molecular weight is 434 g/mol. The number of hydrogen-bond donors (Lipinski definition) is 1. The number of fused-ring (bicyclic) bond motifs is 1. The average Bonchev–Trinajstić information content (AvgIpc) is 2.91. The number of carbonyl (C=O) groups is 1. The number of rotatable bonds is 2. The summed E-state index contributed by atoms with van der Waals surface area (Å²) in [6.07, 6.45) is 3.69. The summed E-state index contributed by atoms with van der Waals surface area (Å²) in [5, 5.41) is 4.01. The van der Waals surface area contributed by atoms with Crippen LogP contribution in [-0.4, -0.2) is 10.6 Å². The van der Waals surface area contributed by atoms with Crippen LogP contribution >= 0.6 is 31.9 Å². The van der Waals surface area contributed by atoms with Gasteiger partial charge >= 0.3 is 6.03 Å². The monoisotopic (exact) mass is 432 g/mol. The van der Waals surface area contributed by atoms with Gasteiger partial charge < -0.3 is 5.32 Å². The van der Waals surface area contributed by atoms with E-state index in [1.165, 1.54) is 0 Å². The molecule has 1 N–H and O–H groups in total. The number of nitrogens with zero attached hydrogens (tertiary/aromatic N) is 1. The fraction of sp³-hybridized carbons (Fsp3) is 0.0556. The molecule has 3 nitrogen and oxygen atoms in total. The van der Waals surface area contributed by atoms with Crippen LogP contribution in [0.5, 0.6) is 0 Å². The second-order valence-corrected chi connectivity index (χ2v) is 7.97. The number of nitrogens with one attached hydrogen (secondary N) is 1. The molecule has 23 heavy (non-hydrogen) atoms. The number of aromatic nitrogens is 1. The highest BCUT2D eigenvalue weighted by molar-refractivity contribution is 9.28. The summed E-state index contributed by atoms with van der Waals surface area (Å²) in [5.41, 5.74) is 3.69. The number of amides is 1. The number of para-hydroxylation sites is 1. The Morgan fingerprint density at radius 2 is 1.91 bits per heavy atom. The summed E-state index contributed by atoms with van der Waals surface area (Å²) in [7, 11) is 0. The Hall–Kier alpha value is -1.85. The molecule has 0 saturated carbocycles. The summed E-state index contributed by atoms with van der Waals surface area (Å²) in [5.74, 6) is 0. The summed E-state index contributed by atoms with van der Waals surface area (Å²) >= 11 is 6.70. The summed E-state index contributed by atoms with van der Waals surface area (Å²) in [4.78, 5) is 12.6. The molecular formula is C18H14Br2N2O. The fourth-order valence-corrected chi connectivity index (χ4v) is 2.94. The van der Waals surface area contributed by atoms with Crippen LogP contribution in [0.2, 0.25) is 0 Å². The van der Waals surface area contributed by atoms with Gasteiger partial charge in [0.05, 0.1) is 8.91 Å². The minimum atomic E-state index is -0.183. The molecule has 1 heterocycles. The van der Waals surface area contributed by atoms with Crippen LogP contribution < -0.4 is 5.32 Å². The molecule has 3 aromatic rings. The SMILES string of the molecule is Cc1ccc2ccn(C(=O)Nc3ccccc3C=C(Br)Br)c2c1. The fourth-order valence-electron chi connectivity index (χ4n) is 2.45. The highest BCUT2D eigenvalue weighted by Crippen LogP contribution is 2.24. The van der Waals surface area contributed by atoms with Gasteiger partial charge in [0.2, 0.25) is 0 Å². The van der Waals surface area contributed by atoms with E-state index in [0.717, 1.165) is 31.1 Å². The number of aryl methyl sites for hydroxylation is 1. The minimum Gasteiger partial charge on any atom is -0.307 e. The predicted molar refractivity (Wildman–Crippen MR) is 103 cm³/mol. The first-order valence-corrected chi connectivity index (χ1v) is 8.64. The predicted octanol–water partition coefficient (Wildman–Crippen LogP) is 6.12. The van der Waals surface area contributed by atoms with Gasteiger partial charge in [0.25, 0.3) is 0 Å². The molecule has 0 aliphatic rings. The van der Waals surface area contributed by atoms with Crippen LogP contribution in [0.25, 0.3) is 17.0 Å². The maximum absolute atomic E-state index is 12.6. The number of anilines is 1. The molecule has 0 saturated heterocycles. The van der Waals surface area contributed by atoms with E-state index in [9.17, 15) is 4.79 Å². The first-order valence-electron chi connectivity index (χ1n) is 7.05. The van der Waals surface area contributed by atoms with Gasteiger partial charge in [-0.05, 0) is 74.2 Å². The van der Waals surface area contributed by atoms with E-state index in [2.05, 4.69) is 37.2 Å². The Kier molecular flexibility index (Phi) is 4.68. The second kappa shape index (κ2) is 6.72. The van der Waals surface area contributed by atoms with Gasteiger partial charge in [-0.3, -0.25) is 4.57 Å². The number of hydrogen-bond acceptors (Lipinski definition) is 1. The van der Waals surface area contributed by atoms with Gasteiger partial charge in [-0.2, -0.15) is 0 Å². The van der Waals surface area contributed by atoms with Crippen LogP contribution in [0.4, 0.5) is 10.5 Å². The molecule has 0 radical (unpaired) electrons. The van der Waals surface area contributed by atoms with E-state index in [1.54, 1.807) is 10.8 Å². The molecule has 1 aromatic heterocycles. The zero-order valence-electron chi connectivity index (χ0n) is 12.4. The van der Waals surface area contributed by atoms with E-state index in [1.807, 2.05) is 61.5 Å². The molecule has 0 unspecified atom stereocenters. The van der Waals surface area contributed by atoms with E-state index in [-0.39, 0.29) is 6.03 Å². The quantitative estimate of drug-likeness (QED) is 0.519. The Labute approximate surface area is 151 Å². The molecule has 0 spiro atoms. The molecule has 0 aliphatic carbocycles. The Morgan fingerprint density at radius 1 is 1.13 bits per heavy atom. The summed E-state index contributed by atoms with van der Waals surface area (Å²) < 4.78 is 2.44. The van der Waals surface area contributed by atoms with Crippen molar-refractivity contribution in [3.8, 4) is 0 Å². The van der Waals surface area contributed by atoms with Crippen molar-refractivity contribution in [2.24, 2.45) is 0 Å². The summed E-state index contributed by atoms with van der Waals surface area (Å²) in [6.45, 7) is 2.02. The van der Waals surface area contributed by atoms with Gasteiger partial charge in [-0.1, -0.05) is 30.3 Å². The molecule has 116 valence electrons. The molecule has 5 heteroatoms. The molecule has 1 amide bonds. The Balaban J connectivity index is 1.96. The lowest BCUT2D eigenvalue weighted by Gasteiger charge is -2.10. The highest BCUT2D eigenvalue weighted by atomic mass is 79.9. The number of halogens is 2. The van der Waals surface area contributed by atoms with Crippen molar-refractivity contribution < 1.29 is 4.79 Å². The molecule has 0 atom stereocenters. The smallest absolute Gasteiger partial charge is 0.307 e. The molecule has 3 rings (SSSR count). The van der Waals surface area contributed by atoms with Gasteiger partial charge in [0.15, 0.2) is 0 Å². The number of carbonyl (C=O) groups excluding carboxylic acids is 1. The minimum absolute atomic E-state index is 0.183. The third-order valence-electron chi connectivity index (χ3n) is 3.53.